The van der Waals surface area contributed by atoms with Crippen LogP contribution in [0.25, 0.3) is 0 Å². The maximum absolute atomic E-state index is 13.4. The molecule has 21 heavy (non-hydrogen) atoms. The summed E-state index contributed by atoms with van der Waals surface area (Å²) in [7, 11) is 0. The van der Waals surface area contributed by atoms with E-state index in [4.69, 9.17) is 0 Å². The van der Waals surface area contributed by atoms with Crippen LogP contribution < -0.4 is 10.6 Å². The number of benzene rings is 1. The third kappa shape index (κ3) is 4.37. The van der Waals surface area contributed by atoms with Gasteiger partial charge < -0.3 is 10.6 Å². The van der Waals surface area contributed by atoms with Gasteiger partial charge in [0.1, 0.15) is 5.82 Å². The summed E-state index contributed by atoms with van der Waals surface area (Å²) in [4.78, 5) is 13.1. The van der Waals surface area contributed by atoms with Crippen LogP contribution in [0.3, 0.4) is 0 Å². The van der Waals surface area contributed by atoms with Crippen molar-refractivity contribution in [3.8, 4) is 0 Å². The Bertz CT molecular complexity index is 596. The molecule has 0 aliphatic carbocycles. The average molecular weight is 306 g/mol. The lowest BCUT2D eigenvalue weighted by molar-refractivity contribution is -0.115. The van der Waals surface area contributed by atoms with Crippen LogP contribution in [-0.4, -0.2) is 19.0 Å². The first-order chi connectivity index (χ1) is 9.99. The van der Waals surface area contributed by atoms with E-state index in [1.54, 1.807) is 29.5 Å². The highest BCUT2D eigenvalue weighted by Gasteiger charge is 2.21. The molecule has 2 N–H and O–H groups in total. The fraction of sp³-hybridized carbons (Fsp3) is 0.312. The van der Waals surface area contributed by atoms with Gasteiger partial charge in [0, 0.05) is 16.8 Å². The topological polar surface area (TPSA) is 41.1 Å². The van der Waals surface area contributed by atoms with Gasteiger partial charge in [-0.15, -0.1) is 11.3 Å². The number of carbonyl (C=O) groups excluding carboxylic acids is 1. The van der Waals surface area contributed by atoms with Crippen LogP contribution in [0.2, 0.25) is 0 Å². The molecule has 0 aliphatic heterocycles. The first kappa shape index (κ1) is 15.7. The van der Waals surface area contributed by atoms with E-state index >= 15 is 0 Å². The molecule has 112 valence electrons. The SMILES string of the molecule is CC(C)(CNCC(=O)Nc1ccccc1F)c1cccs1. The van der Waals surface area contributed by atoms with Gasteiger partial charge in [0.15, 0.2) is 0 Å². The lowest BCUT2D eigenvalue weighted by Gasteiger charge is -2.23. The maximum Gasteiger partial charge on any atom is 0.238 e. The Morgan fingerprint density at radius 3 is 2.67 bits per heavy atom. The van der Waals surface area contributed by atoms with Crippen molar-refractivity contribution in [1.29, 1.82) is 0 Å². The zero-order valence-electron chi connectivity index (χ0n) is 12.2. The third-order valence-electron chi connectivity index (χ3n) is 3.19. The normalized spacial score (nSPS) is 11.4. The van der Waals surface area contributed by atoms with E-state index < -0.39 is 5.82 Å². The van der Waals surface area contributed by atoms with Gasteiger partial charge in [-0.2, -0.15) is 0 Å². The fourth-order valence-electron chi connectivity index (χ4n) is 2.00. The van der Waals surface area contributed by atoms with Gasteiger partial charge in [-0.1, -0.05) is 32.0 Å². The molecule has 0 radical (unpaired) electrons. The summed E-state index contributed by atoms with van der Waals surface area (Å²) in [6, 6.07) is 10.3. The predicted molar refractivity (Wildman–Crippen MR) is 85.2 cm³/mol. The first-order valence-electron chi connectivity index (χ1n) is 6.78. The zero-order valence-corrected chi connectivity index (χ0v) is 13.0. The number of anilines is 1. The molecular formula is C16H19FN2OS. The lowest BCUT2D eigenvalue weighted by Crippen LogP contribution is -2.37. The second-order valence-electron chi connectivity index (χ2n) is 5.49. The minimum absolute atomic E-state index is 0.0353. The van der Waals surface area contributed by atoms with Crippen LogP contribution in [0.1, 0.15) is 18.7 Å². The number of thiophene rings is 1. The molecular weight excluding hydrogens is 287 g/mol. The van der Waals surface area contributed by atoms with Gasteiger partial charge in [-0.3, -0.25) is 4.79 Å². The number of amides is 1. The van der Waals surface area contributed by atoms with Gasteiger partial charge in [-0.25, -0.2) is 4.39 Å². The standard InChI is InChI=1S/C16H19FN2OS/c1-16(2,14-8-5-9-21-14)11-18-10-15(20)19-13-7-4-3-6-12(13)17/h3-9,18H,10-11H2,1-2H3,(H,19,20). The van der Waals surface area contributed by atoms with Crippen molar-refractivity contribution in [2.75, 3.05) is 18.4 Å². The van der Waals surface area contributed by atoms with Crippen LogP contribution in [-0.2, 0) is 10.2 Å². The molecule has 1 aromatic heterocycles. The molecule has 0 aliphatic rings. The summed E-state index contributed by atoms with van der Waals surface area (Å²) in [5, 5.41) is 7.73. The Balaban J connectivity index is 1.81. The molecule has 0 saturated heterocycles. The number of hydrogen-bond acceptors (Lipinski definition) is 3. The van der Waals surface area contributed by atoms with E-state index in [-0.39, 0.29) is 23.6 Å². The molecule has 5 heteroatoms. The number of rotatable bonds is 6. The number of halogens is 1. The minimum Gasteiger partial charge on any atom is -0.322 e. The van der Waals surface area contributed by atoms with Gasteiger partial charge in [0.2, 0.25) is 5.91 Å². The molecule has 0 spiro atoms. The Morgan fingerprint density at radius 1 is 1.24 bits per heavy atom. The summed E-state index contributed by atoms with van der Waals surface area (Å²) in [5.74, 6) is -0.674. The van der Waals surface area contributed by atoms with Gasteiger partial charge in [0.05, 0.1) is 12.2 Å². The molecule has 0 fully saturated rings. The van der Waals surface area contributed by atoms with Crippen LogP contribution in [0.15, 0.2) is 41.8 Å². The molecule has 2 rings (SSSR count). The van der Waals surface area contributed by atoms with Crippen LogP contribution in [0.5, 0.6) is 0 Å². The number of hydrogen-bond donors (Lipinski definition) is 2. The zero-order chi connectivity index (χ0) is 15.3. The number of para-hydroxylation sites is 1. The van der Waals surface area contributed by atoms with E-state index in [0.29, 0.717) is 6.54 Å². The van der Waals surface area contributed by atoms with Crippen molar-refractivity contribution in [2.24, 2.45) is 0 Å². The molecule has 1 amide bonds. The Kier molecular flexibility index (Phi) is 5.09. The predicted octanol–water partition coefficient (Wildman–Crippen LogP) is 3.39. The van der Waals surface area contributed by atoms with Crippen molar-refractivity contribution in [3.63, 3.8) is 0 Å². The smallest absolute Gasteiger partial charge is 0.238 e. The summed E-state index contributed by atoms with van der Waals surface area (Å²) in [5.41, 5.74) is 0.175. The van der Waals surface area contributed by atoms with Gasteiger partial charge >= 0.3 is 0 Å². The molecule has 3 nitrogen and oxygen atoms in total. The first-order valence-corrected chi connectivity index (χ1v) is 7.66. The number of carbonyl (C=O) groups is 1. The second kappa shape index (κ2) is 6.83. The molecule has 0 saturated carbocycles. The van der Waals surface area contributed by atoms with Crippen LogP contribution in [0, 0.1) is 5.82 Å². The van der Waals surface area contributed by atoms with Crippen LogP contribution in [0.4, 0.5) is 10.1 Å². The number of nitrogens with one attached hydrogen (secondary N) is 2. The lowest BCUT2D eigenvalue weighted by atomic mass is 9.91. The molecule has 1 heterocycles. The van der Waals surface area contributed by atoms with E-state index in [0.717, 1.165) is 0 Å². The van der Waals surface area contributed by atoms with Crippen molar-refractivity contribution < 1.29 is 9.18 Å². The third-order valence-corrected chi connectivity index (χ3v) is 4.42. The summed E-state index contributed by atoms with van der Waals surface area (Å²) >= 11 is 1.70. The summed E-state index contributed by atoms with van der Waals surface area (Å²) in [6.07, 6.45) is 0. The summed E-state index contributed by atoms with van der Waals surface area (Å²) in [6.45, 7) is 5.09. The van der Waals surface area contributed by atoms with Crippen molar-refractivity contribution in [2.45, 2.75) is 19.3 Å². The molecule has 0 atom stereocenters. The second-order valence-corrected chi connectivity index (χ2v) is 6.44. The van der Waals surface area contributed by atoms with E-state index in [1.165, 1.54) is 10.9 Å². The maximum atomic E-state index is 13.4. The Morgan fingerprint density at radius 2 is 2.00 bits per heavy atom. The van der Waals surface area contributed by atoms with E-state index in [9.17, 15) is 9.18 Å². The van der Waals surface area contributed by atoms with Crippen molar-refractivity contribution in [1.82, 2.24) is 5.32 Å². The molecule has 2 aromatic rings. The van der Waals surface area contributed by atoms with E-state index in [2.05, 4.69) is 30.5 Å². The van der Waals surface area contributed by atoms with Gasteiger partial charge in [-0.05, 0) is 23.6 Å². The highest BCUT2D eigenvalue weighted by Crippen LogP contribution is 2.26. The van der Waals surface area contributed by atoms with Crippen molar-refractivity contribution in [3.05, 3.63) is 52.5 Å². The molecule has 1 aromatic carbocycles. The highest BCUT2D eigenvalue weighted by atomic mass is 32.1. The molecule has 0 unspecified atom stereocenters. The highest BCUT2D eigenvalue weighted by molar-refractivity contribution is 7.10. The monoisotopic (exact) mass is 306 g/mol. The molecule has 0 bridgehead atoms. The van der Waals surface area contributed by atoms with Crippen LogP contribution >= 0.6 is 11.3 Å². The summed E-state index contributed by atoms with van der Waals surface area (Å²) < 4.78 is 13.4. The quantitative estimate of drug-likeness (QED) is 0.859. The minimum atomic E-state index is -0.426. The Labute approximate surface area is 128 Å². The Hall–Kier alpha value is -1.72. The van der Waals surface area contributed by atoms with E-state index in [1.807, 2.05) is 11.4 Å². The van der Waals surface area contributed by atoms with Gasteiger partial charge in [0.25, 0.3) is 0 Å². The fourth-order valence-corrected chi connectivity index (χ4v) is 2.85. The largest absolute Gasteiger partial charge is 0.322 e. The average Bonchev–Trinajstić information content (AvgIpc) is 2.96. The van der Waals surface area contributed by atoms with Crippen molar-refractivity contribution >= 4 is 22.9 Å².